The van der Waals surface area contributed by atoms with Crippen molar-refractivity contribution in [3.8, 4) is 5.75 Å². The van der Waals surface area contributed by atoms with Crippen molar-refractivity contribution in [3.05, 3.63) is 58.3 Å². The molecule has 1 saturated heterocycles. The zero-order chi connectivity index (χ0) is 23.4. The molecule has 0 unspecified atom stereocenters. The zero-order valence-corrected chi connectivity index (χ0v) is 19.6. The third-order valence-electron chi connectivity index (χ3n) is 6.33. The molecule has 0 atom stereocenters. The minimum absolute atomic E-state index is 0.00722. The molecule has 176 valence electrons. The lowest BCUT2D eigenvalue weighted by molar-refractivity contribution is 0.0708. The van der Waals surface area contributed by atoms with Crippen molar-refractivity contribution in [2.45, 2.75) is 45.7 Å². The summed E-state index contributed by atoms with van der Waals surface area (Å²) in [4.78, 5) is 28.2. The SMILES string of the molecule is CCOc1ccc2ccccc2c1C(=O)N1CCC(c2nn(CCOC)c(=O)n2CC)CC1. The molecule has 1 aliphatic heterocycles. The maximum atomic E-state index is 13.6. The summed E-state index contributed by atoms with van der Waals surface area (Å²) in [6.07, 6.45) is 1.53. The van der Waals surface area contributed by atoms with Gasteiger partial charge >= 0.3 is 5.69 Å². The summed E-state index contributed by atoms with van der Waals surface area (Å²) >= 11 is 0. The van der Waals surface area contributed by atoms with E-state index in [0.29, 0.717) is 50.7 Å². The Morgan fingerprint density at radius 1 is 1.12 bits per heavy atom. The number of methoxy groups -OCH3 is 1. The molecule has 3 aromatic rings. The van der Waals surface area contributed by atoms with Crippen molar-refractivity contribution in [3.63, 3.8) is 0 Å². The van der Waals surface area contributed by atoms with Crippen LogP contribution in [0.25, 0.3) is 10.8 Å². The summed E-state index contributed by atoms with van der Waals surface area (Å²) in [5, 5.41) is 6.54. The molecule has 8 nitrogen and oxygen atoms in total. The quantitative estimate of drug-likeness (QED) is 0.524. The number of benzene rings is 2. The van der Waals surface area contributed by atoms with Gasteiger partial charge in [-0.2, -0.15) is 5.10 Å². The van der Waals surface area contributed by atoms with E-state index in [9.17, 15) is 9.59 Å². The normalized spacial score (nSPS) is 14.7. The Kier molecular flexibility index (Phi) is 7.13. The van der Waals surface area contributed by atoms with Crippen LogP contribution in [0.1, 0.15) is 48.8 Å². The first-order valence-corrected chi connectivity index (χ1v) is 11.7. The number of amides is 1. The van der Waals surface area contributed by atoms with Crippen LogP contribution >= 0.6 is 0 Å². The molecule has 0 radical (unpaired) electrons. The van der Waals surface area contributed by atoms with Crippen molar-refractivity contribution in [2.24, 2.45) is 0 Å². The van der Waals surface area contributed by atoms with Gasteiger partial charge in [-0.05, 0) is 43.5 Å². The number of nitrogens with zero attached hydrogens (tertiary/aromatic N) is 4. The minimum Gasteiger partial charge on any atom is -0.493 e. The van der Waals surface area contributed by atoms with Crippen LogP contribution in [0.4, 0.5) is 0 Å². The van der Waals surface area contributed by atoms with E-state index in [1.165, 1.54) is 4.68 Å². The summed E-state index contributed by atoms with van der Waals surface area (Å²) in [6, 6.07) is 11.8. The van der Waals surface area contributed by atoms with Crippen molar-refractivity contribution >= 4 is 16.7 Å². The molecule has 0 aliphatic carbocycles. The first kappa shape index (κ1) is 23.0. The average molecular weight is 453 g/mol. The van der Waals surface area contributed by atoms with Crippen molar-refractivity contribution < 1.29 is 14.3 Å². The van der Waals surface area contributed by atoms with E-state index in [4.69, 9.17) is 9.47 Å². The molecule has 0 bridgehead atoms. The van der Waals surface area contributed by atoms with Crippen molar-refractivity contribution in [2.75, 3.05) is 33.4 Å². The van der Waals surface area contributed by atoms with Gasteiger partial charge in [0.25, 0.3) is 5.91 Å². The fourth-order valence-corrected chi connectivity index (χ4v) is 4.63. The lowest BCUT2D eigenvalue weighted by atomic mass is 9.94. The Morgan fingerprint density at radius 2 is 1.88 bits per heavy atom. The van der Waals surface area contributed by atoms with E-state index >= 15 is 0 Å². The second kappa shape index (κ2) is 10.2. The summed E-state index contributed by atoms with van der Waals surface area (Å²) in [5.41, 5.74) is 0.530. The number of piperidine rings is 1. The number of carbonyl (C=O) groups is 1. The molecule has 2 aromatic carbocycles. The number of fused-ring (bicyclic) bond motifs is 1. The highest BCUT2D eigenvalue weighted by atomic mass is 16.5. The number of aromatic nitrogens is 3. The van der Waals surface area contributed by atoms with E-state index in [2.05, 4.69) is 5.10 Å². The zero-order valence-electron chi connectivity index (χ0n) is 19.6. The molecule has 1 aliphatic rings. The lowest BCUT2D eigenvalue weighted by Gasteiger charge is -2.32. The van der Waals surface area contributed by atoms with Gasteiger partial charge in [-0.1, -0.05) is 30.3 Å². The van der Waals surface area contributed by atoms with Crippen molar-refractivity contribution in [1.29, 1.82) is 0 Å². The number of hydrogen-bond acceptors (Lipinski definition) is 5. The molecule has 33 heavy (non-hydrogen) atoms. The van der Waals surface area contributed by atoms with Crippen LogP contribution in [0.5, 0.6) is 5.75 Å². The van der Waals surface area contributed by atoms with Crippen LogP contribution in [-0.4, -0.2) is 58.6 Å². The predicted octanol–water partition coefficient (Wildman–Crippen LogP) is 3.28. The van der Waals surface area contributed by atoms with Crippen LogP contribution in [0.3, 0.4) is 0 Å². The fraction of sp³-hybridized carbons (Fsp3) is 0.480. The van der Waals surface area contributed by atoms with E-state index in [-0.39, 0.29) is 17.5 Å². The van der Waals surface area contributed by atoms with Gasteiger partial charge in [-0.15, -0.1) is 0 Å². The second-order valence-electron chi connectivity index (χ2n) is 8.26. The molecule has 8 heteroatoms. The van der Waals surface area contributed by atoms with E-state index in [1.807, 2.05) is 55.1 Å². The summed E-state index contributed by atoms with van der Waals surface area (Å²) < 4.78 is 14.2. The second-order valence-corrected chi connectivity index (χ2v) is 8.26. The van der Waals surface area contributed by atoms with Crippen LogP contribution in [0, 0.1) is 0 Å². The summed E-state index contributed by atoms with van der Waals surface area (Å²) in [5.74, 6) is 1.57. The highest BCUT2D eigenvalue weighted by molar-refractivity contribution is 6.09. The molecule has 4 rings (SSSR count). The molecule has 1 amide bonds. The van der Waals surface area contributed by atoms with Gasteiger partial charge in [0, 0.05) is 32.7 Å². The molecule has 2 heterocycles. The monoisotopic (exact) mass is 452 g/mol. The van der Waals surface area contributed by atoms with Crippen LogP contribution < -0.4 is 10.4 Å². The number of ether oxygens (including phenoxy) is 2. The fourth-order valence-electron chi connectivity index (χ4n) is 4.63. The number of likely N-dealkylation sites (tertiary alicyclic amines) is 1. The van der Waals surface area contributed by atoms with Gasteiger partial charge in [0.1, 0.15) is 11.6 Å². The number of rotatable bonds is 8. The van der Waals surface area contributed by atoms with Crippen LogP contribution in [0.2, 0.25) is 0 Å². The average Bonchev–Trinajstić information content (AvgIpc) is 3.17. The molecule has 0 N–H and O–H groups in total. The predicted molar refractivity (Wildman–Crippen MR) is 127 cm³/mol. The number of hydrogen-bond donors (Lipinski definition) is 0. The van der Waals surface area contributed by atoms with Gasteiger partial charge in [0.15, 0.2) is 0 Å². The highest BCUT2D eigenvalue weighted by Gasteiger charge is 2.30. The highest BCUT2D eigenvalue weighted by Crippen LogP contribution is 2.32. The van der Waals surface area contributed by atoms with Gasteiger partial charge in [-0.25, -0.2) is 9.48 Å². The topological polar surface area (TPSA) is 78.6 Å². The number of carbonyl (C=O) groups excluding carboxylic acids is 1. The van der Waals surface area contributed by atoms with Crippen molar-refractivity contribution in [1.82, 2.24) is 19.2 Å². The Bertz CT molecular complexity index is 1170. The summed E-state index contributed by atoms with van der Waals surface area (Å²) in [7, 11) is 1.61. The lowest BCUT2D eigenvalue weighted by Crippen LogP contribution is -2.39. The third kappa shape index (κ3) is 4.53. The molecular weight excluding hydrogens is 420 g/mol. The molecule has 1 aromatic heterocycles. The Hall–Kier alpha value is -3.13. The van der Waals surface area contributed by atoms with E-state index < -0.39 is 0 Å². The minimum atomic E-state index is -0.0971. The Morgan fingerprint density at radius 3 is 2.58 bits per heavy atom. The largest absolute Gasteiger partial charge is 0.493 e. The maximum Gasteiger partial charge on any atom is 0.345 e. The molecule has 0 saturated carbocycles. The first-order chi connectivity index (χ1) is 16.1. The van der Waals surface area contributed by atoms with E-state index in [1.54, 1.807) is 11.7 Å². The van der Waals surface area contributed by atoms with Crippen LogP contribution in [0.15, 0.2) is 41.2 Å². The Balaban J connectivity index is 1.55. The summed E-state index contributed by atoms with van der Waals surface area (Å²) in [6.45, 7) is 7.07. The van der Waals surface area contributed by atoms with Gasteiger partial charge in [0.2, 0.25) is 0 Å². The van der Waals surface area contributed by atoms with Gasteiger partial charge in [0.05, 0.1) is 25.3 Å². The Labute approximate surface area is 193 Å². The van der Waals surface area contributed by atoms with Gasteiger partial charge < -0.3 is 14.4 Å². The molecule has 0 spiro atoms. The standard InChI is InChI=1S/C25H32N4O4/c1-4-28-23(26-29(25(28)31)16-17-32-3)19-12-14-27(15-13-19)24(30)22-20-9-7-6-8-18(20)10-11-21(22)33-5-2/h6-11,19H,4-5,12-17H2,1-3H3. The smallest absolute Gasteiger partial charge is 0.345 e. The third-order valence-corrected chi connectivity index (χ3v) is 6.33. The molecular formula is C25H32N4O4. The van der Waals surface area contributed by atoms with E-state index in [0.717, 1.165) is 29.4 Å². The molecule has 1 fully saturated rings. The van der Waals surface area contributed by atoms with Gasteiger partial charge in [-0.3, -0.25) is 9.36 Å². The maximum absolute atomic E-state index is 13.6. The van der Waals surface area contributed by atoms with Crippen LogP contribution in [-0.2, 0) is 17.8 Å². The first-order valence-electron chi connectivity index (χ1n) is 11.7.